The fraction of sp³-hybridized carbons (Fsp3) is 0. The topological polar surface area (TPSA) is 51.7 Å². The van der Waals surface area contributed by atoms with Gasteiger partial charge in [-0.3, -0.25) is 0 Å². The molecule has 0 atom stereocenters. The Labute approximate surface area is 393 Å². The number of hydrogen-bond donors (Lipinski definition) is 0. The Balaban J connectivity index is 0.000000186. The van der Waals surface area contributed by atoms with Crippen LogP contribution >= 0.6 is 15.9 Å². The summed E-state index contributed by atoms with van der Waals surface area (Å²) in [5.41, 5.74) is 14.6. The lowest BCUT2D eigenvalue weighted by Gasteiger charge is -2.13. The van der Waals surface area contributed by atoms with Crippen LogP contribution < -0.4 is 0 Å². The van der Waals surface area contributed by atoms with Crippen LogP contribution in [0.25, 0.3) is 116 Å². The Kier molecular flexibility index (Phi) is 8.99. The molecule has 0 spiro atoms. The van der Waals surface area contributed by atoms with Gasteiger partial charge in [0, 0.05) is 59.2 Å². The van der Waals surface area contributed by atoms with Gasteiger partial charge in [0.2, 0.25) is 0 Å². The quantitative estimate of drug-likeness (QED) is 0.177. The van der Waals surface area contributed by atoms with Gasteiger partial charge < -0.3 is 18.1 Å². The maximum atomic E-state index is 10.2. The van der Waals surface area contributed by atoms with Gasteiger partial charge in [-0.1, -0.05) is 137 Å². The predicted molar refractivity (Wildman–Crippen MR) is 281 cm³/mol. The summed E-state index contributed by atoms with van der Waals surface area (Å²) in [7, 11) is 0. The molecule has 0 aliphatic rings. The maximum Gasteiger partial charge on any atom is 0.145 e. The van der Waals surface area contributed by atoms with Crippen LogP contribution in [0, 0.1) is 11.3 Å². The van der Waals surface area contributed by atoms with Crippen molar-refractivity contribution in [3.8, 4) is 34.3 Å². The van der Waals surface area contributed by atoms with Crippen LogP contribution in [0.2, 0.25) is 0 Å². The molecule has 0 saturated heterocycles. The number of para-hydroxylation sites is 6. The minimum absolute atomic E-state index is 0.611. The van der Waals surface area contributed by atoms with Gasteiger partial charge in [0.15, 0.2) is 0 Å². The number of benzene rings is 10. The summed E-state index contributed by atoms with van der Waals surface area (Å²) in [5, 5.41) is 19.7. The fourth-order valence-corrected chi connectivity index (χ4v) is 10.5. The van der Waals surface area contributed by atoms with Crippen LogP contribution in [0.15, 0.2) is 233 Å². The molecule has 14 rings (SSSR count). The third-order valence-corrected chi connectivity index (χ3v) is 13.7. The minimum atomic E-state index is 0.611. The van der Waals surface area contributed by atoms with Crippen LogP contribution in [-0.2, 0) is 0 Å². The van der Waals surface area contributed by atoms with Crippen molar-refractivity contribution in [1.82, 2.24) is 13.7 Å². The molecule has 6 heteroatoms. The van der Waals surface area contributed by atoms with E-state index in [9.17, 15) is 5.26 Å². The minimum Gasteiger partial charge on any atom is -0.455 e. The first-order chi connectivity index (χ1) is 33.1. The molecule has 0 radical (unpaired) electrons. The average Bonchev–Trinajstić information content (AvgIpc) is 4.13. The molecular weight excluding hydrogens is 885 g/mol. The second kappa shape index (κ2) is 15.5. The fourth-order valence-electron chi connectivity index (χ4n) is 10.3. The first kappa shape index (κ1) is 38.8. The van der Waals surface area contributed by atoms with Crippen LogP contribution in [0.4, 0.5) is 0 Å². The highest BCUT2D eigenvalue weighted by Crippen LogP contribution is 2.41. The van der Waals surface area contributed by atoms with Gasteiger partial charge in [-0.05, 0) is 114 Å². The first-order valence-corrected chi connectivity index (χ1v) is 23.1. The van der Waals surface area contributed by atoms with Crippen LogP contribution in [0.5, 0.6) is 0 Å². The Bertz CT molecular complexity index is 4190. The Morgan fingerprint density at radius 1 is 0.358 bits per heavy atom. The van der Waals surface area contributed by atoms with Crippen molar-refractivity contribution >= 4 is 103 Å². The third kappa shape index (κ3) is 6.20. The zero-order valence-corrected chi connectivity index (χ0v) is 37.5. The highest BCUT2D eigenvalue weighted by atomic mass is 79.9. The van der Waals surface area contributed by atoms with E-state index >= 15 is 0 Å². The third-order valence-electron chi connectivity index (χ3n) is 13.2. The summed E-state index contributed by atoms with van der Waals surface area (Å²) < 4.78 is 14.5. The van der Waals surface area contributed by atoms with Crippen molar-refractivity contribution in [3.63, 3.8) is 0 Å². The van der Waals surface area contributed by atoms with E-state index in [1.54, 1.807) is 0 Å². The second-order valence-electron chi connectivity index (χ2n) is 16.9. The van der Waals surface area contributed by atoms with E-state index in [4.69, 9.17) is 4.42 Å². The number of furan rings is 1. The molecule has 0 unspecified atom stereocenters. The molecule has 314 valence electrons. The highest BCUT2D eigenvalue weighted by molar-refractivity contribution is 9.10. The highest BCUT2D eigenvalue weighted by Gasteiger charge is 2.20. The van der Waals surface area contributed by atoms with E-state index < -0.39 is 0 Å². The number of halogens is 1. The second-order valence-corrected chi connectivity index (χ2v) is 17.8. The van der Waals surface area contributed by atoms with Gasteiger partial charge in [-0.25, -0.2) is 0 Å². The van der Waals surface area contributed by atoms with Gasteiger partial charge in [0.25, 0.3) is 0 Å². The molecule has 0 aliphatic carbocycles. The molecule has 0 saturated carbocycles. The van der Waals surface area contributed by atoms with Crippen LogP contribution in [0.3, 0.4) is 0 Å². The van der Waals surface area contributed by atoms with Crippen molar-refractivity contribution < 1.29 is 4.42 Å². The van der Waals surface area contributed by atoms with E-state index in [1.165, 1.54) is 49.3 Å². The molecule has 0 N–H and O–H groups in total. The summed E-state index contributed by atoms with van der Waals surface area (Å²) in [5.74, 6) is 0. The van der Waals surface area contributed by atoms with Gasteiger partial charge in [0.1, 0.15) is 11.2 Å². The molecule has 0 amide bonds. The summed E-state index contributed by atoms with van der Waals surface area (Å²) in [6.07, 6.45) is 0. The van der Waals surface area contributed by atoms with E-state index in [1.807, 2.05) is 24.3 Å². The molecule has 0 fully saturated rings. The van der Waals surface area contributed by atoms with E-state index in [-0.39, 0.29) is 0 Å². The van der Waals surface area contributed by atoms with Gasteiger partial charge >= 0.3 is 0 Å². The zero-order chi connectivity index (χ0) is 44.6. The van der Waals surface area contributed by atoms with E-state index in [0.29, 0.717) is 5.56 Å². The molecule has 67 heavy (non-hydrogen) atoms. The summed E-state index contributed by atoms with van der Waals surface area (Å²) >= 11 is 3.50. The Hall–Kier alpha value is -8.63. The zero-order valence-electron chi connectivity index (χ0n) is 35.9. The molecule has 5 nitrogen and oxygen atoms in total. The summed E-state index contributed by atoms with van der Waals surface area (Å²) in [6, 6.07) is 80.8. The van der Waals surface area contributed by atoms with Gasteiger partial charge in [-0.2, -0.15) is 5.26 Å². The lowest BCUT2D eigenvalue weighted by Crippen LogP contribution is -1.96. The van der Waals surface area contributed by atoms with E-state index in [0.717, 1.165) is 70.7 Å². The number of aromatic nitrogens is 3. The molecule has 0 aliphatic heterocycles. The van der Waals surface area contributed by atoms with Gasteiger partial charge in [0.05, 0.1) is 50.1 Å². The lowest BCUT2D eigenvalue weighted by atomic mass is 10.0. The van der Waals surface area contributed by atoms with E-state index in [2.05, 4.69) is 236 Å². The van der Waals surface area contributed by atoms with Crippen molar-refractivity contribution in [1.29, 1.82) is 5.26 Å². The number of rotatable bonds is 4. The molecule has 0 bridgehead atoms. The Morgan fingerprint density at radius 2 is 0.806 bits per heavy atom. The summed E-state index contributed by atoms with van der Waals surface area (Å²) in [4.78, 5) is 0. The number of nitrogens with zero attached hydrogens (tertiary/aromatic N) is 4. The first-order valence-electron chi connectivity index (χ1n) is 22.3. The number of fused-ring (bicyclic) bond motifs is 13. The van der Waals surface area contributed by atoms with Crippen molar-refractivity contribution in [2.24, 2.45) is 0 Å². The van der Waals surface area contributed by atoms with Crippen molar-refractivity contribution in [2.45, 2.75) is 0 Å². The molecule has 14 aromatic rings. The molecular formula is C61H37BrN4O. The molecule has 4 aromatic heterocycles. The lowest BCUT2D eigenvalue weighted by molar-refractivity contribution is 0.673. The summed E-state index contributed by atoms with van der Waals surface area (Å²) in [6.45, 7) is 0. The SMILES string of the molecule is Brc1ccc(-n2c3ccccc3c3ccccc32)cc1.N#Cc1cc(-c2ccc(-n3c4ccccc4c4ccccc43)cc2)cc(-n2c3ccccc3c3c4oc5ccccc5c4ccc32)c1. The molecule has 4 heterocycles. The van der Waals surface area contributed by atoms with Crippen molar-refractivity contribution in [3.05, 3.63) is 234 Å². The van der Waals surface area contributed by atoms with Gasteiger partial charge in [-0.15, -0.1) is 0 Å². The maximum absolute atomic E-state index is 10.2. The smallest absolute Gasteiger partial charge is 0.145 e. The average molecular weight is 922 g/mol. The standard InChI is InChI=1S/C43H25N3O.C18H12BrN/c44-26-27-23-29(28-17-19-30(20-18-28)45-37-13-5-1-9-32(37)33-10-2-6-14-38(33)45)25-31(24-27)46-39-15-7-3-12-36(39)42-40(46)22-21-35-34-11-4-8-16-41(34)47-43(35)42;19-13-9-11-14(12-10-13)20-17-7-3-1-5-15(17)16-6-2-4-8-18(16)20/h1-25H;1-12H. The van der Waals surface area contributed by atoms with Crippen molar-refractivity contribution in [2.75, 3.05) is 0 Å². The molecule has 10 aromatic carbocycles. The van der Waals surface area contributed by atoms with Crippen LogP contribution in [-0.4, -0.2) is 13.7 Å². The predicted octanol–water partition coefficient (Wildman–Crippen LogP) is 16.9. The number of hydrogen-bond acceptors (Lipinski definition) is 2. The largest absolute Gasteiger partial charge is 0.455 e. The number of nitriles is 1. The monoisotopic (exact) mass is 920 g/mol. The van der Waals surface area contributed by atoms with Crippen LogP contribution in [0.1, 0.15) is 5.56 Å². The Morgan fingerprint density at radius 3 is 1.34 bits per heavy atom. The normalized spacial score (nSPS) is 11.6.